The molecule has 2 N–H and O–H groups in total. The highest BCUT2D eigenvalue weighted by Crippen LogP contribution is 2.18. The van der Waals surface area contributed by atoms with Crippen LogP contribution in [0.5, 0.6) is 0 Å². The molecule has 0 saturated carbocycles. The van der Waals surface area contributed by atoms with Crippen molar-refractivity contribution in [2.75, 3.05) is 11.9 Å². The number of nitrogens with one attached hydrogen (secondary N) is 2. The highest BCUT2D eigenvalue weighted by Gasteiger charge is 2.16. The Morgan fingerprint density at radius 3 is 2.43 bits per heavy atom. The van der Waals surface area contributed by atoms with Crippen molar-refractivity contribution < 1.29 is 23.1 Å². The van der Waals surface area contributed by atoms with E-state index in [1.807, 2.05) is 0 Å². The van der Waals surface area contributed by atoms with E-state index in [0.29, 0.717) is 6.07 Å². The van der Waals surface area contributed by atoms with Crippen molar-refractivity contribution in [3.63, 3.8) is 0 Å². The summed E-state index contributed by atoms with van der Waals surface area (Å²) in [6.07, 6.45) is 0. The first-order valence-corrected chi connectivity index (χ1v) is 6.22. The Labute approximate surface area is 121 Å². The molecular formula is C14H16F2N2O3. The lowest BCUT2D eigenvalue weighted by atomic mass is 10.2. The van der Waals surface area contributed by atoms with Gasteiger partial charge in [0.25, 0.3) is 0 Å². The van der Waals surface area contributed by atoms with E-state index in [1.54, 1.807) is 6.92 Å². The van der Waals surface area contributed by atoms with Crippen LogP contribution in [-0.2, 0) is 14.3 Å². The van der Waals surface area contributed by atoms with E-state index in [1.165, 1.54) is 19.9 Å². The smallest absolute Gasteiger partial charge is 0.356 e. The molecule has 0 aliphatic heterocycles. The number of amides is 1. The summed E-state index contributed by atoms with van der Waals surface area (Å²) in [5.41, 5.74) is 0.0169. The number of benzene rings is 1. The minimum Gasteiger partial charge on any atom is -0.461 e. The maximum Gasteiger partial charge on any atom is 0.356 e. The van der Waals surface area contributed by atoms with Crippen LogP contribution in [-0.4, -0.2) is 18.5 Å². The van der Waals surface area contributed by atoms with Crippen LogP contribution in [0.3, 0.4) is 0 Å². The van der Waals surface area contributed by atoms with E-state index in [-0.39, 0.29) is 23.7 Å². The molecule has 1 aromatic carbocycles. The highest BCUT2D eigenvalue weighted by molar-refractivity contribution is 5.94. The molecule has 0 atom stereocenters. The molecule has 0 unspecified atom stereocenters. The molecule has 0 aliphatic carbocycles. The standard InChI is InChI=1S/C14H16F2N2O3/c1-4-21-14(20)13(18-9(3)19)8(2)17-12-6-5-10(15)7-11(12)16/h5-7,17H,4H2,1-3H3,(H,18,19)/b13-8-. The van der Waals surface area contributed by atoms with Crippen LogP contribution in [0.15, 0.2) is 29.6 Å². The summed E-state index contributed by atoms with van der Waals surface area (Å²) in [6.45, 7) is 4.43. The first kappa shape index (κ1) is 16.6. The van der Waals surface area contributed by atoms with Gasteiger partial charge in [0.2, 0.25) is 5.91 Å². The van der Waals surface area contributed by atoms with Crippen LogP contribution in [0.25, 0.3) is 0 Å². The number of carbonyl (C=O) groups excluding carboxylic acids is 2. The van der Waals surface area contributed by atoms with Gasteiger partial charge in [0.15, 0.2) is 0 Å². The summed E-state index contributed by atoms with van der Waals surface area (Å²) < 4.78 is 31.2. The largest absolute Gasteiger partial charge is 0.461 e. The molecule has 0 saturated heterocycles. The van der Waals surface area contributed by atoms with E-state index in [4.69, 9.17) is 4.74 Å². The quantitative estimate of drug-likeness (QED) is 0.646. The number of allylic oxidation sites excluding steroid dienone is 1. The van der Waals surface area contributed by atoms with Crippen molar-refractivity contribution in [1.82, 2.24) is 5.32 Å². The Balaban J connectivity index is 3.08. The lowest BCUT2D eigenvalue weighted by Gasteiger charge is -2.14. The average molecular weight is 298 g/mol. The van der Waals surface area contributed by atoms with Crippen LogP contribution in [0, 0.1) is 11.6 Å². The third kappa shape index (κ3) is 4.87. The number of esters is 1. The van der Waals surface area contributed by atoms with Gasteiger partial charge in [0.05, 0.1) is 12.3 Å². The Bertz CT molecular complexity index is 586. The van der Waals surface area contributed by atoms with Crippen LogP contribution < -0.4 is 10.6 Å². The molecular weight excluding hydrogens is 282 g/mol. The molecule has 114 valence electrons. The van der Waals surface area contributed by atoms with Gasteiger partial charge in [0, 0.05) is 18.7 Å². The fourth-order valence-electron chi connectivity index (χ4n) is 1.53. The zero-order valence-electron chi connectivity index (χ0n) is 11.9. The second kappa shape index (κ2) is 7.37. The summed E-state index contributed by atoms with van der Waals surface area (Å²) in [6, 6.07) is 2.96. The molecule has 5 nitrogen and oxygen atoms in total. The molecule has 1 amide bonds. The molecule has 0 bridgehead atoms. The first-order chi connectivity index (χ1) is 9.85. The molecule has 21 heavy (non-hydrogen) atoms. The Morgan fingerprint density at radius 2 is 1.90 bits per heavy atom. The summed E-state index contributed by atoms with van der Waals surface area (Å²) in [7, 11) is 0. The Kier molecular flexibility index (Phi) is 5.83. The van der Waals surface area contributed by atoms with E-state index in [9.17, 15) is 18.4 Å². The highest BCUT2D eigenvalue weighted by atomic mass is 19.1. The van der Waals surface area contributed by atoms with Crippen molar-refractivity contribution in [3.05, 3.63) is 41.2 Å². The number of hydrogen-bond donors (Lipinski definition) is 2. The molecule has 0 aromatic heterocycles. The topological polar surface area (TPSA) is 67.4 Å². The van der Waals surface area contributed by atoms with Gasteiger partial charge in [-0.15, -0.1) is 0 Å². The fraction of sp³-hybridized carbons (Fsp3) is 0.286. The van der Waals surface area contributed by atoms with Gasteiger partial charge in [-0.3, -0.25) is 4.79 Å². The van der Waals surface area contributed by atoms with E-state index in [0.717, 1.165) is 6.07 Å². The van der Waals surface area contributed by atoms with Gasteiger partial charge in [-0.25, -0.2) is 13.6 Å². The number of rotatable bonds is 5. The predicted molar refractivity (Wildman–Crippen MR) is 73.1 cm³/mol. The summed E-state index contributed by atoms with van der Waals surface area (Å²) in [5, 5.41) is 4.93. The van der Waals surface area contributed by atoms with Gasteiger partial charge in [-0.05, 0) is 26.0 Å². The van der Waals surface area contributed by atoms with Crippen molar-refractivity contribution in [2.24, 2.45) is 0 Å². The third-order valence-corrected chi connectivity index (χ3v) is 2.41. The normalized spacial score (nSPS) is 11.5. The zero-order chi connectivity index (χ0) is 16.0. The minimum absolute atomic E-state index is 0.0268. The van der Waals surface area contributed by atoms with Crippen LogP contribution in [0.1, 0.15) is 20.8 Å². The molecule has 1 aromatic rings. The Morgan fingerprint density at radius 1 is 1.24 bits per heavy atom. The summed E-state index contributed by atoms with van der Waals surface area (Å²) >= 11 is 0. The van der Waals surface area contributed by atoms with Crippen molar-refractivity contribution >= 4 is 17.6 Å². The maximum atomic E-state index is 13.6. The average Bonchev–Trinajstić information content (AvgIpc) is 2.39. The lowest BCUT2D eigenvalue weighted by molar-refractivity contribution is -0.140. The zero-order valence-corrected chi connectivity index (χ0v) is 11.9. The van der Waals surface area contributed by atoms with Crippen LogP contribution in [0.2, 0.25) is 0 Å². The number of halogens is 2. The molecule has 0 radical (unpaired) electrons. The summed E-state index contributed by atoms with van der Waals surface area (Å²) in [4.78, 5) is 22.9. The van der Waals surface area contributed by atoms with Gasteiger partial charge < -0.3 is 15.4 Å². The van der Waals surface area contributed by atoms with E-state index in [2.05, 4.69) is 10.6 Å². The van der Waals surface area contributed by atoms with Gasteiger partial charge in [-0.2, -0.15) is 0 Å². The fourth-order valence-corrected chi connectivity index (χ4v) is 1.53. The number of anilines is 1. The van der Waals surface area contributed by atoms with Crippen LogP contribution >= 0.6 is 0 Å². The monoisotopic (exact) mass is 298 g/mol. The number of carbonyl (C=O) groups is 2. The van der Waals surface area contributed by atoms with Gasteiger partial charge in [0.1, 0.15) is 17.3 Å². The molecule has 0 spiro atoms. The maximum absolute atomic E-state index is 13.6. The lowest BCUT2D eigenvalue weighted by Crippen LogP contribution is -2.29. The SMILES string of the molecule is CCOC(=O)/C(NC(C)=O)=C(\C)Nc1ccc(F)cc1F. The van der Waals surface area contributed by atoms with E-state index >= 15 is 0 Å². The van der Waals surface area contributed by atoms with Crippen molar-refractivity contribution in [2.45, 2.75) is 20.8 Å². The van der Waals surface area contributed by atoms with Gasteiger partial charge in [-0.1, -0.05) is 0 Å². The molecule has 0 fully saturated rings. The van der Waals surface area contributed by atoms with E-state index < -0.39 is 23.5 Å². The van der Waals surface area contributed by atoms with Crippen LogP contribution in [0.4, 0.5) is 14.5 Å². The minimum atomic E-state index is -0.819. The molecule has 0 aliphatic rings. The van der Waals surface area contributed by atoms with Crippen molar-refractivity contribution in [3.8, 4) is 0 Å². The second-order valence-corrected chi connectivity index (χ2v) is 4.15. The second-order valence-electron chi connectivity index (χ2n) is 4.15. The Hall–Kier alpha value is -2.44. The van der Waals surface area contributed by atoms with Crippen molar-refractivity contribution in [1.29, 1.82) is 0 Å². The third-order valence-electron chi connectivity index (χ3n) is 2.41. The predicted octanol–water partition coefficient (Wildman–Crippen LogP) is 2.31. The number of ether oxygens (including phenoxy) is 1. The summed E-state index contributed by atoms with van der Waals surface area (Å²) in [5.74, 6) is -2.76. The number of hydrogen-bond acceptors (Lipinski definition) is 4. The first-order valence-electron chi connectivity index (χ1n) is 6.22. The van der Waals surface area contributed by atoms with Gasteiger partial charge >= 0.3 is 5.97 Å². The molecule has 7 heteroatoms. The molecule has 1 rings (SSSR count). The molecule has 0 heterocycles.